The van der Waals surface area contributed by atoms with Crippen LogP contribution in [0.2, 0.25) is 0 Å². The van der Waals surface area contributed by atoms with Gasteiger partial charge in [0.05, 0.1) is 10.6 Å². The summed E-state index contributed by atoms with van der Waals surface area (Å²) in [4.78, 5) is 28.6. The minimum absolute atomic E-state index is 0.0948. The van der Waals surface area contributed by atoms with E-state index in [1.54, 1.807) is 11.0 Å². The molecule has 0 bridgehead atoms. The first-order valence-electron chi connectivity index (χ1n) is 10.8. The molecule has 30 heavy (non-hydrogen) atoms. The molecular formula is C21H29N3O5S. The first kappa shape index (κ1) is 21.1. The zero-order chi connectivity index (χ0) is 21.1. The molecule has 0 unspecified atom stereocenters. The molecule has 3 aliphatic rings. The van der Waals surface area contributed by atoms with Gasteiger partial charge >= 0.3 is 0 Å². The SMILES string of the molecule is O=C(CN1C(=O)COc2ccc(S(=O)(=O)N3CCCCCC3)cc21)N1CCCCC1. The average molecular weight is 436 g/mol. The van der Waals surface area contributed by atoms with Crippen LogP contribution in [0, 0.1) is 0 Å². The fourth-order valence-corrected chi connectivity index (χ4v) is 5.86. The van der Waals surface area contributed by atoms with Crippen molar-refractivity contribution in [2.24, 2.45) is 0 Å². The molecule has 0 aromatic heterocycles. The van der Waals surface area contributed by atoms with Crippen LogP contribution in [0.25, 0.3) is 0 Å². The molecule has 4 rings (SSSR count). The van der Waals surface area contributed by atoms with E-state index in [0.29, 0.717) is 37.6 Å². The van der Waals surface area contributed by atoms with Gasteiger partial charge in [0, 0.05) is 26.2 Å². The summed E-state index contributed by atoms with van der Waals surface area (Å²) >= 11 is 0. The fourth-order valence-electron chi connectivity index (χ4n) is 4.33. The molecule has 2 amide bonds. The van der Waals surface area contributed by atoms with Crippen molar-refractivity contribution < 1.29 is 22.7 Å². The number of fused-ring (bicyclic) bond motifs is 1. The molecule has 0 aliphatic carbocycles. The molecule has 8 nitrogen and oxygen atoms in total. The van der Waals surface area contributed by atoms with Crippen LogP contribution in [-0.2, 0) is 19.6 Å². The zero-order valence-electron chi connectivity index (χ0n) is 17.2. The smallest absolute Gasteiger partial charge is 0.265 e. The van der Waals surface area contributed by atoms with Gasteiger partial charge in [-0.05, 0) is 50.3 Å². The number of carbonyl (C=O) groups is 2. The van der Waals surface area contributed by atoms with Crippen molar-refractivity contribution in [1.29, 1.82) is 0 Å². The maximum absolute atomic E-state index is 13.2. The Kier molecular flexibility index (Phi) is 6.29. The van der Waals surface area contributed by atoms with Gasteiger partial charge in [-0.1, -0.05) is 12.8 Å². The van der Waals surface area contributed by atoms with E-state index in [-0.39, 0.29) is 29.9 Å². The van der Waals surface area contributed by atoms with Gasteiger partial charge in [-0.25, -0.2) is 8.42 Å². The first-order valence-corrected chi connectivity index (χ1v) is 12.3. The van der Waals surface area contributed by atoms with Crippen LogP contribution in [0.4, 0.5) is 5.69 Å². The van der Waals surface area contributed by atoms with Gasteiger partial charge in [0.25, 0.3) is 5.91 Å². The monoisotopic (exact) mass is 435 g/mol. The molecule has 1 aromatic rings. The summed E-state index contributed by atoms with van der Waals surface area (Å²) in [6, 6.07) is 4.60. The van der Waals surface area contributed by atoms with E-state index in [2.05, 4.69) is 0 Å². The second-order valence-electron chi connectivity index (χ2n) is 8.16. The van der Waals surface area contributed by atoms with Crippen molar-refractivity contribution in [2.45, 2.75) is 49.8 Å². The van der Waals surface area contributed by atoms with Gasteiger partial charge in [0.15, 0.2) is 6.61 Å². The second-order valence-corrected chi connectivity index (χ2v) is 10.1. The summed E-state index contributed by atoms with van der Waals surface area (Å²) in [5.74, 6) is -0.0234. The van der Waals surface area contributed by atoms with Gasteiger partial charge in [0.2, 0.25) is 15.9 Å². The summed E-state index contributed by atoms with van der Waals surface area (Å²) in [6.45, 7) is 2.17. The van der Waals surface area contributed by atoms with Gasteiger partial charge < -0.3 is 9.64 Å². The molecular weight excluding hydrogens is 406 g/mol. The van der Waals surface area contributed by atoms with Gasteiger partial charge in [-0.3, -0.25) is 14.5 Å². The Bertz CT molecular complexity index is 903. The molecule has 2 fully saturated rings. The minimum Gasteiger partial charge on any atom is -0.482 e. The highest BCUT2D eigenvalue weighted by Crippen LogP contribution is 2.35. The lowest BCUT2D eigenvalue weighted by Crippen LogP contribution is -2.47. The molecule has 9 heteroatoms. The number of likely N-dealkylation sites (tertiary alicyclic amines) is 1. The van der Waals surface area contributed by atoms with Crippen molar-refractivity contribution >= 4 is 27.5 Å². The summed E-state index contributed by atoms with van der Waals surface area (Å²) in [7, 11) is -3.66. The zero-order valence-corrected chi connectivity index (χ0v) is 18.0. The van der Waals surface area contributed by atoms with Crippen LogP contribution >= 0.6 is 0 Å². The highest BCUT2D eigenvalue weighted by atomic mass is 32.2. The third-order valence-corrected chi connectivity index (χ3v) is 7.97. The van der Waals surface area contributed by atoms with E-state index in [1.165, 1.54) is 21.3 Å². The molecule has 3 aliphatic heterocycles. The maximum atomic E-state index is 13.2. The van der Waals surface area contributed by atoms with Crippen LogP contribution in [0.3, 0.4) is 0 Å². The molecule has 0 N–H and O–H groups in total. The minimum atomic E-state index is -3.66. The molecule has 0 spiro atoms. The van der Waals surface area contributed by atoms with Crippen molar-refractivity contribution in [3.05, 3.63) is 18.2 Å². The molecule has 0 atom stereocenters. The van der Waals surface area contributed by atoms with E-state index in [1.807, 2.05) is 0 Å². The summed E-state index contributed by atoms with van der Waals surface area (Å²) in [5, 5.41) is 0. The maximum Gasteiger partial charge on any atom is 0.265 e. The molecule has 3 heterocycles. The molecule has 1 aromatic carbocycles. The van der Waals surface area contributed by atoms with E-state index >= 15 is 0 Å². The predicted molar refractivity (Wildman–Crippen MR) is 112 cm³/mol. The number of hydrogen-bond donors (Lipinski definition) is 0. The lowest BCUT2D eigenvalue weighted by Gasteiger charge is -2.33. The lowest BCUT2D eigenvalue weighted by atomic mass is 10.1. The van der Waals surface area contributed by atoms with Gasteiger partial charge in [-0.15, -0.1) is 0 Å². The Morgan fingerprint density at radius 1 is 0.933 bits per heavy atom. The third kappa shape index (κ3) is 4.32. The fraction of sp³-hybridized carbons (Fsp3) is 0.619. The van der Waals surface area contributed by atoms with E-state index in [9.17, 15) is 18.0 Å². The van der Waals surface area contributed by atoms with Crippen LogP contribution < -0.4 is 9.64 Å². The number of benzene rings is 1. The second kappa shape index (κ2) is 8.93. The van der Waals surface area contributed by atoms with Crippen molar-refractivity contribution in [1.82, 2.24) is 9.21 Å². The standard InChI is InChI=1S/C21H29N3O5S/c25-20(22-10-4-3-5-11-22)15-24-18-14-17(8-9-19(18)29-16-21(24)26)30(27,28)23-12-6-1-2-7-13-23/h8-9,14H,1-7,10-13,15-16H2. The van der Waals surface area contributed by atoms with Crippen LogP contribution in [0.15, 0.2) is 23.1 Å². The predicted octanol–water partition coefficient (Wildman–Crippen LogP) is 1.99. The number of ether oxygens (including phenoxy) is 1. The topological polar surface area (TPSA) is 87.2 Å². The van der Waals surface area contributed by atoms with E-state index in [4.69, 9.17) is 4.74 Å². The molecule has 2 saturated heterocycles. The highest BCUT2D eigenvalue weighted by Gasteiger charge is 2.32. The number of piperidine rings is 1. The Morgan fingerprint density at radius 2 is 1.57 bits per heavy atom. The molecule has 0 radical (unpaired) electrons. The van der Waals surface area contributed by atoms with E-state index in [0.717, 1.165) is 44.9 Å². The van der Waals surface area contributed by atoms with Crippen molar-refractivity contribution in [3.63, 3.8) is 0 Å². The lowest BCUT2D eigenvalue weighted by molar-refractivity contribution is -0.132. The number of anilines is 1. The summed E-state index contributed by atoms with van der Waals surface area (Å²) < 4.78 is 33.4. The Labute approximate surface area is 177 Å². The number of carbonyl (C=O) groups excluding carboxylic acids is 2. The van der Waals surface area contributed by atoms with Crippen molar-refractivity contribution in [2.75, 3.05) is 44.2 Å². The van der Waals surface area contributed by atoms with Crippen LogP contribution in [0.5, 0.6) is 5.75 Å². The van der Waals surface area contributed by atoms with Crippen molar-refractivity contribution in [3.8, 4) is 5.75 Å². The molecule has 0 saturated carbocycles. The van der Waals surface area contributed by atoms with E-state index < -0.39 is 10.0 Å². The molecule has 164 valence electrons. The summed E-state index contributed by atoms with van der Waals surface area (Å²) in [5.41, 5.74) is 0.354. The van der Waals surface area contributed by atoms with Gasteiger partial charge in [-0.2, -0.15) is 4.31 Å². The number of nitrogens with zero attached hydrogens (tertiary/aromatic N) is 3. The first-order chi connectivity index (χ1) is 14.5. The normalized spacial score (nSPS) is 21.0. The van der Waals surface area contributed by atoms with Crippen LogP contribution in [-0.4, -0.2) is 68.8 Å². The average Bonchev–Trinajstić information content (AvgIpc) is 3.06. The quantitative estimate of drug-likeness (QED) is 0.722. The Balaban J connectivity index is 1.60. The Morgan fingerprint density at radius 3 is 2.27 bits per heavy atom. The highest BCUT2D eigenvalue weighted by molar-refractivity contribution is 7.89. The number of amides is 2. The third-order valence-electron chi connectivity index (χ3n) is 6.08. The van der Waals surface area contributed by atoms with Crippen LogP contribution in [0.1, 0.15) is 44.9 Å². The summed E-state index contributed by atoms with van der Waals surface area (Å²) in [6.07, 6.45) is 6.82. The van der Waals surface area contributed by atoms with Gasteiger partial charge in [0.1, 0.15) is 12.3 Å². The number of rotatable bonds is 4. The number of hydrogen-bond acceptors (Lipinski definition) is 5. The largest absolute Gasteiger partial charge is 0.482 e. The number of sulfonamides is 1. The Hall–Kier alpha value is -2.13.